The molecule has 0 amide bonds. The molecule has 0 unspecified atom stereocenters. The predicted molar refractivity (Wildman–Crippen MR) is 65.7 cm³/mol. The zero-order chi connectivity index (χ0) is 12.3. The number of nitrogens with zero attached hydrogens (tertiary/aromatic N) is 2. The minimum atomic E-state index is -0.00522. The van der Waals surface area contributed by atoms with E-state index in [-0.39, 0.29) is 5.56 Å². The maximum absolute atomic E-state index is 11.7. The van der Waals surface area contributed by atoms with E-state index in [2.05, 4.69) is 6.07 Å². The van der Waals surface area contributed by atoms with Gasteiger partial charge in [-0.1, -0.05) is 18.2 Å². The molecule has 0 N–H and O–H groups in total. The molecule has 2 rings (SSSR count). The van der Waals surface area contributed by atoms with Crippen LogP contribution < -0.4 is 5.56 Å². The van der Waals surface area contributed by atoms with E-state index >= 15 is 0 Å². The van der Waals surface area contributed by atoms with E-state index in [1.54, 1.807) is 28.8 Å². The van der Waals surface area contributed by atoms with E-state index in [1.165, 1.54) is 0 Å². The van der Waals surface area contributed by atoms with Crippen molar-refractivity contribution in [1.82, 2.24) is 4.57 Å². The first-order valence-corrected chi connectivity index (χ1v) is 5.36. The van der Waals surface area contributed by atoms with Crippen molar-refractivity contribution in [2.45, 2.75) is 13.5 Å². The van der Waals surface area contributed by atoms with Crippen molar-refractivity contribution in [2.24, 2.45) is 0 Å². The summed E-state index contributed by atoms with van der Waals surface area (Å²) in [6.45, 7) is 2.45. The van der Waals surface area contributed by atoms with Crippen LogP contribution in [-0.2, 0) is 6.54 Å². The summed E-state index contributed by atoms with van der Waals surface area (Å²) in [4.78, 5) is 11.7. The van der Waals surface area contributed by atoms with Crippen LogP contribution in [0.4, 0.5) is 0 Å². The van der Waals surface area contributed by atoms with Gasteiger partial charge in [0, 0.05) is 11.8 Å². The van der Waals surface area contributed by atoms with Crippen LogP contribution in [0.1, 0.15) is 16.8 Å². The molecular weight excluding hydrogens is 212 g/mol. The molecule has 0 saturated heterocycles. The molecule has 0 radical (unpaired) electrons. The number of rotatable bonds is 2. The van der Waals surface area contributed by atoms with E-state index in [0.717, 1.165) is 11.3 Å². The van der Waals surface area contributed by atoms with Gasteiger partial charge in [-0.2, -0.15) is 5.26 Å². The number of aryl methyl sites for hydroxylation is 1. The summed E-state index contributed by atoms with van der Waals surface area (Å²) < 4.78 is 1.71. The molecular formula is C14H12N2O. The molecule has 0 aliphatic rings. The second-order valence-corrected chi connectivity index (χ2v) is 3.90. The lowest BCUT2D eigenvalue weighted by Crippen LogP contribution is -2.21. The highest BCUT2D eigenvalue weighted by Crippen LogP contribution is 2.06. The van der Waals surface area contributed by atoms with Crippen LogP contribution in [0.5, 0.6) is 0 Å². The SMILES string of the molecule is Cc1cccc(=O)n1Cc1ccc(C#N)cc1. The van der Waals surface area contributed by atoms with Crippen LogP contribution in [0.15, 0.2) is 47.3 Å². The highest BCUT2D eigenvalue weighted by atomic mass is 16.1. The monoisotopic (exact) mass is 224 g/mol. The third-order valence-corrected chi connectivity index (χ3v) is 2.69. The first-order chi connectivity index (χ1) is 8.20. The number of hydrogen-bond acceptors (Lipinski definition) is 2. The molecule has 2 aromatic rings. The normalized spacial score (nSPS) is 9.88. The molecule has 0 aliphatic heterocycles. The minimum absolute atomic E-state index is 0.00522. The third kappa shape index (κ3) is 2.43. The summed E-state index contributed by atoms with van der Waals surface area (Å²) in [6.07, 6.45) is 0. The van der Waals surface area contributed by atoms with E-state index in [4.69, 9.17) is 5.26 Å². The van der Waals surface area contributed by atoms with Gasteiger partial charge in [-0.25, -0.2) is 0 Å². The Bertz CT molecular complexity index is 618. The molecule has 1 aromatic carbocycles. The quantitative estimate of drug-likeness (QED) is 0.784. The second-order valence-electron chi connectivity index (χ2n) is 3.90. The van der Waals surface area contributed by atoms with E-state index < -0.39 is 0 Å². The molecule has 0 saturated carbocycles. The van der Waals surface area contributed by atoms with Crippen molar-refractivity contribution in [3.05, 3.63) is 69.6 Å². The van der Waals surface area contributed by atoms with Crippen molar-refractivity contribution < 1.29 is 0 Å². The summed E-state index contributed by atoms with van der Waals surface area (Å²) in [7, 11) is 0. The fourth-order valence-electron chi connectivity index (χ4n) is 1.69. The largest absolute Gasteiger partial charge is 0.309 e. The van der Waals surface area contributed by atoms with Crippen LogP contribution in [0.3, 0.4) is 0 Å². The van der Waals surface area contributed by atoms with Crippen LogP contribution in [0.2, 0.25) is 0 Å². The van der Waals surface area contributed by atoms with Gasteiger partial charge in [0.05, 0.1) is 18.2 Å². The smallest absolute Gasteiger partial charge is 0.251 e. The molecule has 1 aromatic heterocycles. The topological polar surface area (TPSA) is 45.8 Å². The summed E-state index contributed by atoms with van der Waals surface area (Å²) in [5, 5.41) is 8.70. The van der Waals surface area contributed by atoms with E-state index in [1.807, 2.05) is 25.1 Å². The maximum Gasteiger partial charge on any atom is 0.251 e. The lowest BCUT2D eigenvalue weighted by atomic mass is 10.1. The lowest BCUT2D eigenvalue weighted by Gasteiger charge is -2.09. The van der Waals surface area contributed by atoms with Gasteiger partial charge in [0.15, 0.2) is 0 Å². The summed E-state index contributed by atoms with van der Waals surface area (Å²) in [6, 6.07) is 14.6. The highest BCUT2D eigenvalue weighted by molar-refractivity contribution is 5.31. The van der Waals surface area contributed by atoms with Crippen molar-refractivity contribution in [1.29, 1.82) is 5.26 Å². The Balaban J connectivity index is 2.32. The molecule has 17 heavy (non-hydrogen) atoms. The van der Waals surface area contributed by atoms with Gasteiger partial charge in [0.25, 0.3) is 5.56 Å². The van der Waals surface area contributed by atoms with Crippen LogP contribution in [0.25, 0.3) is 0 Å². The van der Waals surface area contributed by atoms with Crippen molar-refractivity contribution in [3.63, 3.8) is 0 Å². The summed E-state index contributed by atoms with van der Waals surface area (Å²) >= 11 is 0. The molecule has 84 valence electrons. The molecule has 3 nitrogen and oxygen atoms in total. The van der Waals surface area contributed by atoms with Crippen molar-refractivity contribution >= 4 is 0 Å². The maximum atomic E-state index is 11.7. The van der Waals surface area contributed by atoms with E-state index in [9.17, 15) is 4.79 Å². The molecule has 0 atom stereocenters. The average molecular weight is 224 g/mol. The summed E-state index contributed by atoms with van der Waals surface area (Å²) in [5.74, 6) is 0. The summed E-state index contributed by atoms with van der Waals surface area (Å²) in [5.41, 5.74) is 2.57. The van der Waals surface area contributed by atoms with Gasteiger partial charge in [0.1, 0.15) is 0 Å². The Morgan fingerprint density at radius 1 is 1.18 bits per heavy atom. The van der Waals surface area contributed by atoms with E-state index in [0.29, 0.717) is 12.1 Å². The fraction of sp³-hybridized carbons (Fsp3) is 0.143. The van der Waals surface area contributed by atoms with Gasteiger partial charge in [-0.15, -0.1) is 0 Å². The Hall–Kier alpha value is -2.34. The third-order valence-electron chi connectivity index (χ3n) is 2.69. The van der Waals surface area contributed by atoms with Crippen LogP contribution in [0, 0.1) is 18.3 Å². The second kappa shape index (κ2) is 4.67. The molecule has 0 spiro atoms. The van der Waals surface area contributed by atoms with Gasteiger partial charge < -0.3 is 4.57 Å². The van der Waals surface area contributed by atoms with Crippen LogP contribution in [-0.4, -0.2) is 4.57 Å². The number of pyridine rings is 1. The highest BCUT2D eigenvalue weighted by Gasteiger charge is 2.00. The average Bonchev–Trinajstić information content (AvgIpc) is 2.35. The lowest BCUT2D eigenvalue weighted by molar-refractivity contribution is 0.730. The number of hydrogen-bond donors (Lipinski definition) is 0. The first kappa shape index (κ1) is 11.2. The van der Waals surface area contributed by atoms with Gasteiger partial charge >= 0.3 is 0 Å². The zero-order valence-electron chi connectivity index (χ0n) is 9.55. The van der Waals surface area contributed by atoms with Crippen molar-refractivity contribution in [3.8, 4) is 6.07 Å². The minimum Gasteiger partial charge on any atom is -0.309 e. The first-order valence-electron chi connectivity index (χ1n) is 5.36. The Morgan fingerprint density at radius 2 is 1.88 bits per heavy atom. The zero-order valence-corrected chi connectivity index (χ0v) is 9.55. The molecule has 0 bridgehead atoms. The number of benzene rings is 1. The Kier molecular flexibility index (Phi) is 3.06. The van der Waals surface area contributed by atoms with Crippen LogP contribution >= 0.6 is 0 Å². The van der Waals surface area contributed by atoms with Crippen molar-refractivity contribution in [2.75, 3.05) is 0 Å². The van der Waals surface area contributed by atoms with Gasteiger partial charge in [0.2, 0.25) is 0 Å². The fourth-order valence-corrected chi connectivity index (χ4v) is 1.69. The van der Waals surface area contributed by atoms with Gasteiger partial charge in [-0.3, -0.25) is 4.79 Å². The molecule has 1 heterocycles. The Labute approximate surface area is 99.6 Å². The standard InChI is InChI=1S/C14H12N2O/c1-11-3-2-4-14(17)16(11)10-13-7-5-12(9-15)6-8-13/h2-8H,10H2,1H3. The predicted octanol–water partition coefficient (Wildman–Crippen LogP) is 2.08. The molecule has 0 aliphatic carbocycles. The number of aromatic nitrogens is 1. The Morgan fingerprint density at radius 3 is 2.47 bits per heavy atom. The number of nitriles is 1. The molecule has 0 fully saturated rings. The van der Waals surface area contributed by atoms with Gasteiger partial charge in [-0.05, 0) is 30.7 Å². The molecule has 3 heteroatoms.